The summed E-state index contributed by atoms with van der Waals surface area (Å²) in [4.78, 5) is 20.2. The first kappa shape index (κ1) is 15.4. The fourth-order valence-electron chi connectivity index (χ4n) is 2.20. The highest BCUT2D eigenvalue weighted by Crippen LogP contribution is 2.18. The molecule has 0 atom stereocenters. The number of pyridine rings is 1. The van der Waals surface area contributed by atoms with Crippen LogP contribution >= 0.6 is 0 Å². The number of rotatable bonds is 9. The highest BCUT2D eigenvalue weighted by atomic mass is 16.4. The van der Waals surface area contributed by atoms with Gasteiger partial charge in [0.2, 0.25) is 5.78 Å². The second-order valence-electron chi connectivity index (χ2n) is 5.19. The molecule has 0 bridgehead atoms. The number of hydrogen-bond donors (Lipinski definition) is 0. The van der Waals surface area contributed by atoms with Crippen molar-refractivity contribution in [2.45, 2.75) is 51.9 Å². The van der Waals surface area contributed by atoms with E-state index in [4.69, 9.17) is 4.42 Å². The van der Waals surface area contributed by atoms with Gasteiger partial charge in [0.15, 0.2) is 5.76 Å². The Kier molecular flexibility index (Phi) is 6.13. The second kappa shape index (κ2) is 8.35. The molecule has 0 aromatic carbocycles. The predicted octanol–water partition coefficient (Wildman–Crippen LogP) is 4.67. The van der Waals surface area contributed by atoms with Crippen LogP contribution in [0.5, 0.6) is 0 Å². The predicted molar refractivity (Wildman–Crippen MR) is 82.1 cm³/mol. The summed E-state index contributed by atoms with van der Waals surface area (Å²) in [5.41, 5.74) is 0.698. The van der Waals surface area contributed by atoms with Crippen LogP contribution in [0.1, 0.15) is 62.6 Å². The van der Waals surface area contributed by atoms with Crippen LogP contribution in [0.15, 0.2) is 35.0 Å². The highest BCUT2D eigenvalue weighted by Gasteiger charge is 2.14. The molecule has 0 saturated carbocycles. The van der Waals surface area contributed by atoms with Crippen LogP contribution in [0.25, 0.3) is 11.5 Å². The van der Waals surface area contributed by atoms with Crippen LogP contribution in [0, 0.1) is 0 Å². The van der Waals surface area contributed by atoms with Crippen molar-refractivity contribution in [3.8, 4) is 11.5 Å². The first-order valence-corrected chi connectivity index (χ1v) is 7.71. The van der Waals surface area contributed by atoms with E-state index >= 15 is 0 Å². The molecule has 112 valence electrons. The Morgan fingerprint density at radius 1 is 1.10 bits per heavy atom. The third kappa shape index (κ3) is 4.81. The molecule has 0 N–H and O–H groups in total. The van der Waals surface area contributed by atoms with Crippen molar-refractivity contribution in [3.05, 3.63) is 36.5 Å². The number of hydrogen-bond acceptors (Lipinski definition) is 4. The van der Waals surface area contributed by atoms with Crippen molar-refractivity contribution < 1.29 is 9.21 Å². The number of oxazole rings is 1. The molecule has 0 unspecified atom stereocenters. The third-order valence-electron chi connectivity index (χ3n) is 3.42. The lowest BCUT2D eigenvalue weighted by molar-refractivity contribution is 0.0946. The molecule has 0 aliphatic heterocycles. The van der Waals surface area contributed by atoms with Gasteiger partial charge >= 0.3 is 0 Å². The van der Waals surface area contributed by atoms with E-state index in [-0.39, 0.29) is 11.7 Å². The standard InChI is InChI=1S/C17H22N2O2/c1-2-3-4-5-6-7-11-15(20)17-19-13-16(21-17)14-10-8-9-12-18-14/h8-10,12-13H,2-7,11H2,1H3. The van der Waals surface area contributed by atoms with Gasteiger partial charge in [0.05, 0.1) is 6.20 Å². The Balaban J connectivity index is 1.80. The van der Waals surface area contributed by atoms with Gasteiger partial charge in [-0.15, -0.1) is 0 Å². The smallest absolute Gasteiger partial charge is 0.263 e. The molecule has 0 amide bonds. The zero-order chi connectivity index (χ0) is 14.9. The molecule has 2 aromatic rings. The van der Waals surface area contributed by atoms with Crippen LogP contribution in [0.4, 0.5) is 0 Å². The zero-order valence-corrected chi connectivity index (χ0v) is 12.5. The molecule has 0 aliphatic carbocycles. The number of ketones is 1. The first-order chi connectivity index (χ1) is 10.3. The quantitative estimate of drug-likeness (QED) is 0.496. The average molecular weight is 286 g/mol. The Hall–Kier alpha value is -1.97. The molecule has 0 aliphatic rings. The molecule has 2 heterocycles. The van der Waals surface area contributed by atoms with Crippen molar-refractivity contribution in [3.63, 3.8) is 0 Å². The van der Waals surface area contributed by atoms with E-state index < -0.39 is 0 Å². The number of unbranched alkanes of at least 4 members (excludes halogenated alkanes) is 5. The minimum atomic E-state index is -0.0207. The van der Waals surface area contributed by atoms with Crippen LogP contribution < -0.4 is 0 Å². The summed E-state index contributed by atoms with van der Waals surface area (Å²) >= 11 is 0. The lowest BCUT2D eigenvalue weighted by Gasteiger charge is -1.99. The molecular weight excluding hydrogens is 264 g/mol. The van der Waals surface area contributed by atoms with Crippen molar-refractivity contribution in [1.82, 2.24) is 9.97 Å². The van der Waals surface area contributed by atoms with Gasteiger partial charge in [-0.2, -0.15) is 0 Å². The number of carbonyl (C=O) groups is 1. The fraction of sp³-hybridized carbons (Fsp3) is 0.471. The second-order valence-corrected chi connectivity index (χ2v) is 5.19. The van der Waals surface area contributed by atoms with Crippen LogP contribution in [0.2, 0.25) is 0 Å². The molecule has 21 heavy (non-hydrogen) atoms. The number of aromatic nitrogens is 2. The first-order valence-electron chi connectivity index (χ1n) is 7.71. The van der Waals surface area contributed by atoms with Crippen LogP contribution in [0.3, 0.4) is 0 Å². The minimum Gasteiger partial charge on any atom is -0.432 e. The van der Waals surface area contributed by atoms with E-state index in [1.165, 1.54) is 25.7 Å². The molecule has 4 nitrogen and oxygen atoms in total. The Morgan fingerprint density at radius 3 is 2.67 bits per heavy atom. The Labute approximate surface area is 125 Å². The van der Waals surface area contributed by atoms with Gasteiger partial charge in [0.1, 0.15) is 5.69 Å². The van der Waals surface area contributed by atoms with Crippen molar-refractivity contribution in [2.24, 2.45) is 0 Å². The molecule has 0 spiro atoms. The van der Waals surface area contributed by atoms with Crippen LogP contribution in [-0.2, 0) is 0 Å². The molecule has 0 saturated heterocycles. The maximum absolute atomic E-state index is 12.0. The molecule has 0 fully saturated rings. The summed E-state index contributed by atoms with van der Waals surface area (Å²) in [7, 11) is 0. The van der Waals surface area contributed by atoms with Gasteiger partial charge < -0.3 is 4.42 Å². The highest BCUT2D eigenvalue weighted by molar-refractivity contribution is 5.91. The lowest BCUT2D eigenvalue weighted by Crippen LogP contribution is -1.98. The van der Waals surface area contributed by atoms with Gasteiger partial charge in [-0.25, -0.2) is 4.98 Å². The van der Waals surface area contributed by atoms with E-state index in [2.05, 4.69) is 16.9 Å². The lowest BCUT2D eigenvalue weighted by atomic mass is 10.1. The third-order valence-corrected chi connectivity index (χ3v) is 3.42. The molecule has 4 heteroatoms. The number of Topliss-reactive ketones (excluding diaryl/α,β-unsaturated/α-hetero) is 1. The monoisotopic (exact) mass is 286 g/mol. The minimum absolute atomic E-state index is 0.0207. The Morgan fingerprint density at radius 2 is 1.90 bits per heavy atom. The maximum Gasteiger partial charge on any atom is 0.263 e. The van der Waals surface area contributed by atoms with E-state index in [0.29, 0.717) is 17.9 Å². The van der Waals surface area contributed by atoms with Crippen molar-refractivity contribution >= 4 is 5.78 Å². The molecule has 2 aromatic heterocycles. The van der Waals surface area contributed by atoms with E-state index in [0.717, 1.165) is 12.8 Å². The van der Waals surface area contributed by atoms with E-state index in [1.54, 1.807) is 12.4 Å². The molecule has 0 radical (unpaired) electrons. The topological polar surface area (TPSA) is 56.0 Å². The summed E-state index contributed by atoms with van der Waals surface area (Å²) in [6.45, 7) is 2.20. The van der Waals surface area contributed by atoms with E-state index in [9.17, 15) is 4.79 Å². The fourth-order valence-corrected chi connectivity index (χ4v) is 2.20. The maximum atomic E-state index is 12.0. The number of nitrogens with zero attached hydrogens (tertiary/aromatic N) is 2. The summed E-state index contributed by atoms with van der Waals surface area (Å²) in [6.07, 6.45) is 10.7. The van der Waals surface area contributed by atoms with E-state index in [1.807, 2.05) is 18.2 Å². The van der Waals surface area contributed by atoms with Crippen molar-refractivity contribution in [1.29, 1.82) is 0 Å². The summed E-state index contributed by atoms with van der Waals surface area (Å²) < 4.78 is 5.50. The van der Waals surface area contributed by atoms with Crippen molar-refractivity contribution in [2.75, 3.05) is 0 Å². The zero-order valence-electron chi connectivity index (χ0n) is 12.5. The van der Waals surface area contributed by atoms with Gasteiger partial charge in [0, 0.05) is 12.6 Å². The Bertz CT molecular complexity index is 549. The molecule has 2 rings (SSSR count). The van der Waals surface area contributed by atoms with Crippen LogP contribution in [-0.4, -0.2) is 15.8 Å². The van der Waals surface area contributed by atoms with Gasteiger partial charge in [0.25, 0.3) is 5.89 Å². The SMILES string of the molecule is CCCCCCCCC(=O)c1ncc(-c2ccccn2)o1. The molecular formula is C17H22N2O2. The van der Waals surface area contributed by atoms with Gasteiger partial charge in [-0.1, -0.05) is 45.1 Å². The largest absolute Gasteiger partial charge is 0.432 e. The summed E-state index contributed by atoms with van der Waals surface area (Å²) in [5, 5.41) is 0. The summed E-state index contributed by atoms with van der Waals surface area (Å²) in [5.74, 6) is 0.721. The average Bonchev–Trinajstić information content (AvgIpc) is 3.01. The number of carbonyl (C=O) groups excluding carboxylic acids is 1. The normalized spacial score (nSPS) is 10.7. The summed E-state index contributed by atoms with van der Waals surface area (Å²) in [6, 6.07) is 5.55. The van der Waals surface area contributed by atoms with Gasteiger partial charge in [-0.05, 0) is 18.6 Å². The van der Waals surface area contributed by atoms with Gasteiger partial charge in [-0.3, -0.25) is 9.78 Å².